The van der Waals surface area contributed by atoms with Crippen molar-refractivity contribution in [2.24, 2.45) is 0 Å². The van der Waals surface area contributed by atoms with Crippen molar-refractivity contribution >= 4 is 38.9 Å². The molecule has 1 aliphatic heterocycles. The molecule has 2 aromatic rings. The molecule has 1 aliphatic rings. The molecule has 0 saturated carbocycles. The second-order valence-electron chi connectivity index (χ2n) is 5.01. The van der Waals surface area contributed by atoms with E-state index in [1.807, 2.05) is 4.90 Å². The number of aromatic nitrogens is 2. The Morgan fingerprint density at radius 1 is 1.32 bits per heavy atom. The molecule has 0 spiro atoms. The van der Waals surface area contributed by atoms with Gasteiger partial charge in [-0.25, -0.2) is 23.1 Å². The summed E-state index contributed by atoms with van der Waals surface area (Å²) in [7, 11) is -3.53. The molecule has 0 amide bonds. The van der Waals surface area contributed by atoms with Gasteiger partial charge in [0.1, 0.15) is 4.21 Å². The molecule has 9 heteroatoms. The molecule has 0 radical (unpaired) electrons. The highest BCUT2D eigenvalue weighted by Crippen LogP contribution is 2.26. The van der Waals surface area contributed by atoms with Gasteiger partial charge in [0, 0.05) is 31.5 Å². The molecular formula is C13H15ClN4O2S2. The fraction of sp³-hybridized carbons (Fsp3) is 0.385. The van der Waals surface area contributed by atoms with Crippen molar-refractivity contribution in [2.75, 3.05) is 18.0 Å². The average molecular weight is 359 g/mol. The van der Waals surface area contributed by atoms with Gasteiger partial charge in [-0.3, -0.25) is 0 Å². The van der Waals surface area contributed by atoms with Gasteiger partial charge in [0.05, 0.1) is 4.34 Å². The van der Waals surface area contributed by atoms with Gasteiger partial charge >= 0.3 is 0 Å². The Labute approximate surface area is 138 Å². The van der Waals surface area contributed by atoms with Crippen molar-refractivity contribution in [1.82, 2.24) is 14.7 Å². The van der Waals surface area contributed by atoms with Crippen molar-refractivity contribution in [3.8, 4) is 0 Å². The Hall–Kier alpha value is -1.22. The van der Waals surface area contributed by atoms with E-state index in [0.717, 1.165) is 30.7 Å². The van der Waals surface area contributed by atoms with E-state index in [-0.39, 0.29) is 10.3 Å². The molecule has 0 aromatic carbocycles. The molecular weight excluding hydrogens is 344 g/mol. The number of hydrogen-bond acceptors (Lipinski definition) is 6. The number of sulfonamides is 1. The van der Waals surface area contributed by atoms with Crippen LogP contribution in [0.15, 0.2) is 34.8 Å². The highest BCUT2D eigenvalue weighted by molar-refractivity contribution is 7.91. The lowest BCUT2D eigenvalue weighted by atomic mass is 10.1. The first kappa shape index (κ1) is 15.7. The summed E-state index contributed by atoms with van der Waals surface area (Å²) in [4.78, 5) is 10.4. The lowest BCUT2D eigenvalue weighted by Crippen LogP contribution is -2.48. The second kappa shape index (κ2) is 6.49. The molecule has 118 valence electrons. The molecule has 6 nitrogen and oxygen atoms in total. The number of thiophene rings is 1. The summed E-state index contributed by atoms with van der Waals surface area (Å²) in [6, 6.07) is 4.71. The van der Waals surface area contributed by atoms with Crippen LogP contribution >= 0.6 is 22.9 Å². The Morgan fingerprint density at radius 3 is 2.77 bits per heavy atom. The lowest BCUT2D eigenvalue weighted by molar-refractivity contribution is 0.462. The fourth-order valence-electron chi connectivity index (χ4n) is 2.43. The SMILES string of the molecule is O=S(=O)(N[C@H]1CCCN(c2ncccn2)C1)c1ccc(Cl)s1. The number of rotatable bonds is 4. The summed E-state index contributed by atoms with van der Waals surface area (Å²) in [5.41, 5.74) is 0. The van der Waals surface area contributed by atoms with Crippen LogP contribution in [0.25, 0.3) is 0 Å². The van der Waals surface area contributed by atoms with E-state index in [1.165, 1.54) is 6.07 Å². The van der Waals surface area contributed by atoms with E-state index in [0.29, 0.717) is 16.8 Å². The van der Waals surface area contributed by atoms with Crippen molar-refractivity contribution in [1.29, 1.82) is 0 Å². The number of hydrogen-bond donors (Lipinski definition) is 1. The van der Waals surface area contributed by atoms with E-state index in [2.05, 4.69) is 14.7 Å². The third-order valence-corrected chi connectivity index (χ3v) is 6.64. The molecule has 22 heavy (non-hydrogen) atoms. The Balaban J connectivity index is 1.70. The summed E-state index contributed by atoms with van der Waals surface area (Å²) in [6.45, 7) is 1.38. The van der Waals surface area contributed by atoms with Gasteiger partial charge < -0.3 is 4.90 Å². The molecule has 0 bridgehead atoms. The number of nitrogens with one attached hydrogen (secondary N) is 1. The van der Waals surface area contributed by atoms with Gasteiger partial charge in [-0.15, -0.1) is 11.3 Å². The van der Waals surface area contributed by atoms with Gasteiger partial charge in [0.25, 0.3) is 0 Å². The Kier molecular flexibility index (Phi) is 4.62. The monoisotopic (exact) mass is 358 g/mol. The van der Waals surface area contributed by atoms with Gasteiger partial charge in [-0.1, -0.05) is 11.6 Å². The quantitative estimate of drug-likeness (QED) is 0.906. The Bertz CT molecular complexity index is 736. The van der Waals surface area contributed by atoms with E-state index < -0.39 is 10.0 Å². The smallest absolute Gasteiger partial charge is 0.250 e. The first-order valence-corrected chi connectivity index (χ1v) is 9.52. The molecule has 3 heterocycles. The van der Waals surface area contributed by atoms with E-state index in [9.17, 15) is 8.42 Å². The van der Waals surface area contributed by atoms with Crippen LogP contribution < -0.4 is 9.62 Å². The van der Waals surface area contributed by atoms with Crippen LogP contribution in [0.1, 0.15) is 12.8 Å². The van der Waals surface area contributed by atoms with Crippen LogP contribution in [0.3, 0.4) is 0 Å². The molecule has 2 aromatic heterocycles. The van der Waals surface area contributed by atoms with E-state index in [4.69, 9.17) is 11.6 Å². The van der Waals surface area contributed by atoms with Crippen LogP contribution in [0.2, 0.25) is 4.34 Å². The summed E-state index contributed by atoms with van der Waals surface area (Å²) >= 11 is 6.87. The van der Waals surface area contributed by atoms with Gasteiger partial charge in [-0.05, 0) is 31.0 Å². The van der Waals surface area contributed by atoms with E-state index in [1.54, 1.807) is 24.5 Å². The highest BCUT2D eigenvalue weighted by Gasteiger charge is 2.27. The van der Waals surface area contributed by atoms with Crippen LogP contribution in [0.4, 0.5) is 5.95 Å². The summed E-state index contributed by atoms with van der Waals surface area (Å²) < 4.78 is 28.1. The minimum Gasteiger partial charge on any atom is -0.339 e. The van der Waals surface area contributed by atoms with Gasteiger partial charge in [0.2, 0.25) is 16.0 Å². The minimum atomic E-state index is -3.53. The Morgan fingerprint density at radius 2 is 2.09 bits per heavy atom. The molecule has 1 N–H and O–H groups in total. The van der Waals surface area contributed by atoms with Crippen molar-refractivity contribution in [2.45, 2.75) is 23.1 Å². The maximum atomic E-state index is 12.3. The van der Waals surface area contributed by atoms with Crippen molar-refractivity contribution < 1.29 is 8.42 Å². The van der Waals surface area contributed by atoms with Gasteiger partial charge in [-0.2, -0.15) is 0 Å². The van der Waals surface area contributed by atoms with Crippen molar-refractivity contribution in [3.63, 3.8) is 0 Å². The second-order valence-corrected chi connectivity index (χ2v) is 8.67. The summed E-state index contributed by atoms with van der Waals surface area (Å²) in [5, 5.41) is 0. The van der Waals surface area contributed by atoms with Crippen molar-refractivity contribution in [3.05, 3.63) is 34.9 Å². The lowest BCUT2D eigenvalue weighted by Gasteiger charge is -2.32. The van der Waals surface area contributed by atoms with Crippen LogP contribution in [0.5, 0.6) is 0 Å². The standard InChI is InChI=1S/C13H15ClN4O2S2/c14-11-4-5-12(21-11)22(19,20)17-10-3-1-8-18(9-10)13-15-6-2-7-16-13/h2,4-7,10,17H,1,3,8-9H2/t10-/m0/s1. The van der Waals surface area contributed by atoms with Crippen LogP contribution in [-0.4, -0.2) is 37.5 Å². The number of piperidine rings is 1. The van der Waals surface area contributed by atoms with Gasteiger partial charge in [0.15, 0.2) is 0 Å². The largest absolute Gasteiger partial charge is 0.339 e. The molecule has 1 saturated heterocycles. The molecule has 0 aliphatic carbocycles. The van der Waals surface area contributed by atoms with Crippen LogP contribution in [-0.2, 0) is 10.0 Å². The number of halogens is 1. The average Bonchev–Trinajstić information content (AvgIpc) is 2.96. The minimum absolute atomic E-state index is 0.163. The topological polar surface area (TPSA) is 75.2 Å². The zero-order chi connectivity index (χ0) is 15.6. The number of anilines is 1. The summed E-state index contributed by atoms with van der Waals surface area (Å²) in [5.74, 6) is 0.630. The maximum Gasteiger partial charge on any atom is 0.250 e. The fourth-order valence-corrected chi connectivity index (χ4v) is 5.19. The third-order valence-electron chi connectivity index (χ3n) is 3.39. The third kappa shape index (κ3) is 3.57. The van der Waals surface area contributed by atoms with Crippen LogP contribution in [0, 0.1) is 0 Å². The first-order chi connectivity index (χ1) is 10.5. The molecule has 3 rings (SSSR count). The maximum absolute atomic E-state index is 12.3. The zero-order valence-electron chi connectivity index (χ0n) is 11.6. The predicted molar refractivity (Wildman–Crippen MR) is 86.9 cm³/mol. The normalized spacial score (nSPS) is 19.3. The zero-order valence-corrected chi connectivity index (χ0v) is 14.0. The van der Waals surface area contributed by atoms with E-state index >= 15 is 0 Å². The highest BCUT2D eigenvalue weighted by atomic mass is 35.5. The molecule has 0 unspecified atom stereocenters. The number of nitrogens with zero attached hydrogens (tertiary/aromatic N) is 3. The predicted octanol–water partition coefficient (Wildman–Crippen LogP) is 2.14. The summed E-state index contributed by atoms with van der Waals surface area (Å²) in [6.07, 6.45) is 5.05. The molecule has 1 fully saturated rings. The molecule has 1 atom stereocenters. The first-order valence-electron chi connectivity index (χ1n) is 6.84.